The summed E-state index contributed by atoms with van der Waals surface area (Å²) in [5.41, 5.74) is 2.97. The molecule has 1 aromatic carbocycles. The second-order valence-electron chi connectivity index (χ2n) is 6.32. The van der Waals surface area contributed by atoms with Gasteiger partial charge in [0.2, 0.25) is 0 Å². The fourth-order valence-electron chi connectivity index (χ4n) is 3.39. The summed E-state index contributed by atoms with van der Waals surface area (Å²) < 4.78 is 5.62. The first-order valence-corrected chi connectivity index (χ1v) is 7.45. The standard InChI is InChI=1S/C17H27NO/c1-6-7-11-18-16-14(9-8-10-15(16)19-5)13(2)12-17(18,3)4/h8-10,13H,6-7,11-12H2,1-5H3. The summed E-state index contributed by atoms with van der Waals surface area (Å²) in [5, 5.41) is 0. The van der Waals surface area contributed by atoms with Gasteiger partial charge in [0.1, 0.15) is 5.75 Å². The van der Waals surface area contributed by atoms with Gasteiger partial charge in [-0.15, -0.1) is 0 Å². The summed E-state index contributed by atoms with van der Waals surface area (Å²) in [4.78, 5) is 2.56. The first-order chi connectivity index (χ1) is 9.01. The Morgan fingerprint density at radius 2 is 2.11 bits per heavy atom. The van der Waals surface area contributed by atoms with Gasteiger partial charge in [-0.3, -0.25) is 0 Å². The van der Waals surface area contributed by atoms with Crippen LogP contribution >= 0.6 is 0 Å². The van der Waals surface area contributed by atoms with Gasteiger partial charge < -0.3 is 9.64 Å². The molecule has 0 aromatic heterocycles. The second kappa shape index (κ2) is 5.44. The van der Waals surface area contributed by atoms with Crippen LogP contribution in [0.3, 0.4) is 0 Å². The van der Waals surface area contributed by atoms with Crippen molar-refractivity contribution in [2.75, 3.05) is 18.6 Å². The molecule has 1 aromatic rings. The van der Waals surface area contributed by atoms with E-state index < -0.39 is 0 Å². The molecule has 0 saturated carbocycles. The van der Waals surface area contributed by atoms with E-state index in [1.54, 1.807) is 7.11 Å². The second-order valence-corrected chi connectivity index (χ2v) is 6.32. The quantitative estimate of drug-likeness (QED) is 0.786. The molecule has 0 N–H and O–H groups in total. The van der Waals surface area contributed by atoms with Crippen LogP contribution in [0.4, 0.5) is 5.69 Å². The van der Waals surface area contributed by atoms with Crippen LogP contribution < -0.4 is 9.64 Å². The number of benzene rings is 1. The van der Waals surface area contributed by atoms with Crippen molar-refractivity contribution in [1.82, 2.24) is 0 Å². The predicted molar refractivity (Wildman–Crippen MR) is 82.4 cm³/mol. The van der Waals surface area contributed by atoms with Gasteiger partial charge in [0.25, 0.3) is 0 Å². The molecule has 2 rings (SSSR count). The van der Waals surface area contributed by atoms with E-state index in [-0.39, 0.29) is 5.54 Å². The van der Waals surface area contributed by atoms with Crippen molar-refractivity contribution in [3.05, 3.63) is 23.8 Å². The SMILES string of the molecule is CCCCN1c2c(OC)cccc2C(C)CC1(C)C. The predicted octanol–water partition coefficient (Wildman–Crippen LogP) is 4.59. The van der Waals surface area contributed by atoms with Gasteiger partial charge in [-0.05, 0) is 44.2 Å². The van der Waals surface area contributed by atoms with Crippen LogP contribution in [0.2, 0.25) is 0 Å². The minimum absolute atomic E-state index is 0.205. The van der Waals surface area contributed by atoms with Crippen molar-refractivity contribution >= 4 is 5.69 Å². The molecule has 1 heterocycles. The Morgan fingerprint density at radius 3 is 2.74 bits per heavy atom. The number of para-hydroxylation sites is 1. The molecule has 1 aliphatic rings. The number of hydrogen-bond donors (Lipinski definition) is 0. The highest BCUT2D eigenvalue weighted by Crippen LogP contribution is 2.47. The number of rotatable bonds is 4. The smallest absolute Gasteiger partial charge is 0.142 e. The Bertz CT molecular complexity index is 439. The van der Waals surface area contributed by atoms with E-state index in [1.807, 2.05) is 0 Å². The molecule has 106 valence electrons. The first-order valence-electron chi connectivity index (χ1n) is 7.45. The number of fused-ring (bicyclic) bond motifs is 1. The van der Waals surface area contributed by atoms with E-state index in [9.17, 15) is 0 Å². The lowest BCUT2D eigenvalue weighted by molar-refractivity contribution is 0.357. The van der Waals surface area contributed by atoms with Gasteiger partial charge in [-0.25, -0.2) is 0 Å². The molecule has 0 amide bonds. The highest BCUT2D eigenvalue weighted by molar-refractivity contribution is 5.68. The van der Waals surface area contributed by atoms with Crippen LogP contribution in [0.15, 0.2) is 18.2 Å². The fraction of sp³-hybridized carbons (Fsp3) is 0.647. The number of nitrogens with zero attached hydrogens (tertiary/aromatic N) is 1. The minimum Gasteiger partial charge on any atom is -0.495 e. The first kappa shape index (κ1) is 14.2. The summed E-state index contributed by atoms with van der Waals surface area (Å²) >= 11 is 0. The van der Waals surface area contributed by atoms with E-state index in [1.165, 1.54) is 30.5 Å². The zero-order chi connectivity index (χ0) is 14.0. The number of methoxy groups -OCH3 is 1. The van der Waals surface area contributed by atoms with Crippen molar-refractivity contribution in [2.24, 2.45) is 0 Å². The lowest BCUT2D eigenvalue weighted by Gasteiger charge is -2.48. The van der Waals surface area contributed by atoms with Crippen LogP contribution in [-0.4, -0.2) is 19.2 Å². The Morgan fingerprint density at radius 1 is 1.37 bits per heavy atom. The summed E-state index contributed by atoms with van der Waals surface area (Å²) in [6.07, 6.45) is 3.67. The molecular weight excluding hydrogens is 234 g/mol. The maximum Gasteiger partial charge on any atom is 0.142 e. The molecule has 0 fully saturated rings. The summed E-state index contributed by atoms with van der Waals surface area (Å²) in [7, 11) is 1.78. The molecule has 1 aliphatic heterocycles. The van der Waals surface area contributed by atoms with Crippen LogP contribution in [0.1, 0.15) is 58.4 Å². The third kappa shape index (κ3) is 2.58. The molecule has 19 heavy (non-hydrogen) atoms. The lowest BCUT2D eigenvalue weighted by Crippen LogP contribution is -2.48. The third-order valence-electron chi connectivity index (χ3n) is 4.32. The number of unbranched alkanes of at least 4 members (excludes halogenated alkanes) is 1. The molecular formula is C17H27NO. The average molecular weight is 261 g/mol. The van der Waals surface area contributed by atoms with Gasteiger partial charge in [0.15, 0.2) is 0 Å². The van der Waals surface area contributed by atoms with E-state index in [0.717, 1.165) is 12.3 Å². The number of hydrogen-bond acceptors (Lipinski definition) is 2. The van der Waals surface area contributed by atoms with Gasteiger partial charge in [0.05, 0.1) is 12.8 Å². The zero-order valence-electron chi connectivity index (χ0n) is 13.0. The molecule has 2 nitrogen and oxygen atoms in total. The molecule has 0 aliphatic carbocycles. The van der Waals surface area contributed by atoms with Gasteiger partial charge >= 0.3 is 0 Å². The van der Waals surface area contributed by atoms with Gasteiger partial charge in [-0.1, -0.05) is 32.4 Å². The van der Waals surface area contributed by atoms with E-state index in [4.69, 9.17) is 4.74 Å². The van der Waals surface area contributed by atoms with Crippen LogP contribution in [0.25, 0.3) is 0 Å². The minimum atomic E-state index is 0.205. The fourth-order valence-corrected chi connectivity index (χ4v) is 3.39. The van der Waals surface area contributed by atoms with E-state index in [0.29, 0.717) is 5.92 Å². The maximum absolute atomic E-state index is 5.62. The molecule has 2 heteroatoms. The molecule has 1 unspecified atom stereocenters. The molecule has 0 radical (unpaired) electrons. The maximum atomic E-state index is 5.62. The monoisotopic (exact) mass is 261 g/mol. The van der Waals surface area contributed by atoms with Gasteiger partial charge in [0, 0.05) is 12.1 Å². The Labute approximate surface area is 117 Å². The highest BCUT2D eigenvalue weighted by Gasteiger charge is 2.37. The summed E-state index contributed by atoms with van der Waals surface area (Å²) in [5.74, 6) is 1.62. The highest BCUT2D eigenvalue weighted by atomic mass is 16.5. The Hall–Kier alpha value is -1.18. The Balaban J connectivity index is 2.49. The van der Waals surface area contributed by atoms with Gasteiger partial charge in [-0.2, -0.15) is 0 Å². The van der Waals surface area contributed by atoms with E-state index >= 15 is 0 Å². The molecule has 0 spiro atoms. The van der Waals surface area contributed by atoms with Crippen LogP contribution in [0, 0.1) is 0 Å². The van der Waals surface area contributed by atoms with Crippen molar-refractivity contribution in [1.29, 1.82) is 0 Å². The molecule has 0 bridgehead atoms. The van der Waals surface area contributed by atoms with Crippen molar-refractivity contribution in [2.45, 2.75) is 58.4 Å². The largest absolute Gasteiger partial charge is 0.495 e. The van der Waals surface area contributed by atoms with E-state index in [2.05, 4.69) is 50.8 Å². The normalized spacial score (nSPS) is 21.1. The van der Waals surface area contributed by atoms with Crippen LogP contribution in [-0.2, 0) is 0 Å². The van der Waals surface area contributed by atoms with Crippen LogP contribution in [0.5, 0.6) is 5.75 Å². The number of ether oxygens (including phenoxy) is 1. The van der Waals surface area contributed by atoms with Crippen molar-refractivity contribution < 1.29 is 4.74 Å². The van der Waals surface area contributed by atoms with Crippen molar-refractivity contribution in [3.8, 4) is 5.75 Å². The summed E-state index contributed by atoms with van der Waals surface area (Å²) in [6, 6.07) is 6.47. The zero-order valence-corrected chi connectivity index (χ0v) is 13.0. The average Bonchev–Trinajstić information content (AvgIpc) is 2.37. The van der Waals surface area contributed by atoms with Crippen molar-refractivity contribution in [3.63, 3.8) is 0 Å². The third-order valence-corrected chi connectivity index (χ3v) is 4.32. The lowest BCUT2D eigenvalue weighted by atomic mass is 9.79. The summed E-state index contributed by atoms with van der Waals surface area (Å²) in [6.45, 7) is 10.4. The topological polar surface area (TPSA) is 12.5 Å². The molecule has 0 saturated heterocycles. The number of anilines is 1. The Kier molecular flexibility index (Phi) is 4.07. The molecule has 1 atom stereocenters.